The molecule has 0 aliphatic rings. The van der Waals surface area contributed by atoms with E-state index in [1.165, 1.54) is 12.1 Å². The Morgan fingerprint density at radius 2 is 1.64 bits per heavy atom. The van der Waals surface area contributed by atoms with Gasteiger partial charge in [-0.3, -0.25) is 4.79 Å². The van der Waals surface area contributed by atoms with Crippen LogP contribution in [0.5, 0.6) is 5.75 Å². The second-order valence-corrected chi connectivity index (χ2v) is 9.62. The average molecular weight is 468 g/mol. The molecule has 0 saturated carbocycles. The van der Waals surface area contributed by atoms with E-state index in [9.17, 15) is 13.2 Å². The zero-order valence-corrected chi connectivity index (χ0v) is 19.8. The molecular weight excluding hydrogens is 438 g/mol. The molecule has 0 radical (unpaired) electrons. The minimum atomic E-state index is -4.00. The lowest BCUT2D eigenvalue weighted by Gasteiger charge is -2.19. The zero-order valence-electron chi connectivity index (χ0n) is 19.0. The second-order valence-electron chi connectivity index (χ2n) is 8.08. The number of hydrogen-bond acceptors (Lipinski definition) is 6. The van der Waals surface area contributed by atoms with Crippen LogP contribution in [0.4, 0.5) is 0 Å². The molecule has 0 aliphatic heterocycles. The number of carbonyl (C=O) groups excluding carboxylic acids is 1. The van der Waals surface area contributed by atoms with Crippen LogP contribution in [0.25, 0.3) is 0 Å². The Kier molecular flexibility index (Phi) is 8.25. The van der Waals surface area contributed by atoms with E-state index in [2.05, 4.69) is 5.32 Å². The molecule has 6 nitrogen and oxygen atoms in total. The minimum Gasteiger partial charge on any atom is -0.462 e. The van der Waals surface area contributed by atoms with Crippen LogP contribution in [-0.4, -0.2) is 27.0 Å². The third-order valence-electron chi connectivity index (χ3n) is 4.93. The highest BCUT2D eigenvalue weighted by Crippen LogP contribution is 2.25. The van der Waals surface area contributed by atoms with Gasteiger partial charge in [0.05, 0.1) is 12.0 Å². The van der Waals surface area contributed by atoms with Gasteiger partial charge in [0.25, 0.3) is 0 Å². The van der Waals surface area contributed by atoms with Gasteiger partial charge in [0, 0.05) is 13.1 Å². The van der Waals surface area contributed by atoms with Crippen LogP contribution in [0.2, 0.25) is 0 Å². The van der Waals surface area contributed by atoms with Crippen LogP contribution in [-0.2, 0) is 26.2 Å². The summed E-state index contributed by atoms with van der Waals surface area (Å²) >= 11 is 0. The van der Waals surface area contributed by atoms with Crippen LogP contribution in [0.1, 0.15) is 36.5 Å². The number of rotatable bonds is 10. The molecule has 3 aromatic carbocycles. The van der Waals surface area contributed by atoms with E-state index in [0.29, 0.717) is 18.7 Å². The summed E-state index contributed by atoms with van der Waals surface area (Å²) in [6.07, 6.45) is -0.268. The highest BCUT2D eigenvalue weighted by molar-refractivity contribution is 7.87. The molecule has 3 rings (SSSR count). The SMILES string of the molecule is Cc1ccc(S(=O)(=O)Oc2cccc(C(CNCc3ccccc3)C(=O)OC(C)C)c2)cc1. The number of nitrogens with one attached hydrogen (secondary N) is 1. The van der Waals surface area contributed by atoms with Crippen molar-refractivity contribution in [3.8, 4) is 5.75 Å². The highest BCUT2D eigenvalue weighted by Gasteiger charge is 2.24. The van der Waals surface area contributed by atoms with E-state index in [1.54, 1.807) is 50.2 Å². The zero-order chi connectivity index (χ0) is 23.8. The Morgan fingerprint density at radius 1 is 0.939 bits per heavy atom. The van der Waals surface area contributed by atoms with Gasteiger partial charge < -0.3 is 14.2 Å². The van der Waals surface area contributed by atoms with Crippen molar-refractivity contribution in [2.75, 3.05) is 6.54 Å². The van der Waals surface area contributed by atoms with Gasteiger partial charge in [-0.2, -0.15) is 8.42 Å². The monoisotopic (exact) mass is 467 g/mol. The van der Waals surface area contributed by atoms with E-state index in [4.69, 9.17) is 8.92 Å². The van der Waals surface area contributed by atoms with Crippen molar-refractivity contribution >= 4 is 16.1 Å². The normalized spacial score (nSPS) is 12.4. The molecule has 0 heterocycles. The first-order valence-corrected chi connectivity index (χ1v) is 12.2. The predicted molar refractivity (Wildman–Crippen MR) is 128 cm³/mol. The number of hydrogen-bond donors (Lipinski definition) is 1. The lowest BCUT2D eigenvalue weighted by molar-refractivity contribution is -0.149. The van der Waals surface area contributed by atoms with Crippen LogP contribution < -0.4 is 9.50 Å². The van der Waals surface area contributed by atoms with Gasteiger partial charge in [0.15, 0.2) is 0 Å². The Hall–Kier alpha value is -3.16. The van der Waals surface area contributed by atoms with Gasteiger partial charge in [0.1, 0.15) is 10.6 Å². The topological polar surface area (TPSA) is 81.7 Å². The van der Waals surface area contributed by atoms with Crippen LogP contribution in [0.3, 0.4) is 0 Å². The molecule has 0 fully saturated rings. The maximum absolute atomic E-state index is 12.8. The van der Waals surface area contributed by atoms with Crippen molar-refractivity contribution in [3.05, 3.63) is 95.6 Å². The summed E-state index contributed by atoms with van der Waals surface area (Å²) in [7, 11) is -4.00. The molecule has 0 aliphatic carbocycles. The summed E-state index contributed by atoms with van der Waals surface area (Å²) in [6, 6.07) is 22.8. The number of esters is 1. The summed E-state index contributed by atoms with van der Waals surface area (Å²) in [5.74, 6) is -0.871. The van der Waals surface area contributed by atoms with Crippen molar-refractivity contribution in [1.29, 1.82) is 0 Å². The van der Waals surface area contributed by atoms with Crippen LogP contribution in [0.15, 0.2) is 83.8 Å². The van der Waals surface area contributed by atoms with Crippen molar-refractivity contribution in [2.45, 2.75) is 44.2 Å². The molecule has 1 N–H and O–H groups in total. The summed E-state index contributed by atoms with van der Waals surface area (Å²) in [6.45, 7) is 6.38. The molecule has 0 aromatic heterocycles. The Labute approximate surface area is 195 Å². The van der Waals surface area contributed by atoms with Crippen molar-refractivity contribution in [1.82, 2.24) is 5.32 Å². The third kappa shape index (κ3) is 7.17. The van der Waals surface area contributed by atoms with Crippen molar-refractivity contribution in [2.24, 2.45) is 0 Å². The fourth-order valence-corrected chi connectivity index (χ4v) is 4.19. The van der Waals surface area contributed by atoms with Gasteiger partial charge >= 0.3 is 16.1 Å². The van der Waals surface area contributed by atoms with E-state index in [0.717, 1.165) is 11.1 Å². The van der Waals surface area contributed by atoms with Gasteiger partial charge in [-0.05, 0) is 56.2 Å². The average Bonchev–Trinajstić information content (AvgIpc) is 2.77. The minimum absolute atomic E-state index is 0.0683. The molecule has 1 unspecified atom stereocenters. The summed E-state index contributed by atoms with van der Waals surface area (Å²) in [4.78, 5) is 12.9. The van der Waals surface area contributed by atoms with Gasteiger partial charge in [-0.15, -0.1) is 0 Å². The summed E-state index contributed by atoms with van der Waals surface area (Å²) < 4.78 is 36.2. The first-order chi connectivity index (χ1) is 15.7. The molecule has 0 bridgehead atoms. The number of ether oxygens (including phenoxy) is 1. The molecule has 1 atom stereocenters. The molecule has 0 saturated heterocycles. The second kappa shape index (κ2) is 11.1. The van der Waals surface area contributed by atoms with Gasteiger partial charge in [0.2, 0.25) is 0 Å². The van der Waals surface area contributed by atoms with Crippen LogP contribution in [0, 0.1) is 6.92 Å². The van der Waals surface area contributed by atoms with Crippen molar-refractivity contribution < 1.29 is 22.1 Å². The van der Waals surface area contributed by atoms with Crippen molar-refractivity contribution in [3.63, 3.8) is 0 Å². The fraction of sp³-hybridized carbons (Fsp3) is 0.269. The fourth-order valence-electron chi connectivity index (χ4n) is 3.27. The predicted octanol–water partition coefficient (Wildman–Crippen LogP) is 4.59. The molecular formula is C26H29NO5S. The Balaban J connectivity index is 1.79. The number of aryl methyl sites for hydroxylation is 1. The molecule has 0 amide bonds. The molecule has 33 heavy (non-hydrogen) atoms. The Morgan fingerprint density at radius 3 is 2.30 bits per heavy atom. The maximum atomic E-state index is 12.8. The highest BCUT2D eigenvalue weighted by atomic mass is 32.2. The quantitative estimate of drug-likeness (QED) is 0.347. The van der Waals surface area contributed by atoms with Gasteiger partial charge in [-0.1, -0.05) is 60.2 Å². The van der Waals surface area contributed by atoms with E-state index in [1.807, 2.05) is 37.3 Å². The first kappa shape index (κ1) is 24.5. The Bertz CT molecular complexity index is 1160. The maximum Gasteiger partial charge on any atom is 0.339 e. The summed E-state index contributed by atoms with van der Waals surface area (Å²) in [5.41, 5.74) is 2.65. The molecule has 7 heteroatoms. The third-order valence-corrected chi connectivity index (χ3v) is 6.19. The standard InChI is InChI=1S/C26H29NO5S/c1-19(2)31-26(28)25(18-27-17-21-8-5-4-6-9-21)22-10-7-11-23(16-22)32-33(29,30)24-14-12-20(3)13-15-24/h4-16,19,25,27H,17-18H2,1-3H3. The summed E-state index contributed by atoms with van der Waals surface area (Å²) in [5, 5.41) is 3.29. The lowest BCUT2D eigenvalue weighted by atomic mass is 9.98. The molecule has 3 aromatic rings. The number of carbonyl (C=O) groups is 1. The number of benzene rings is 3. The molecule has 174 valence electrons. The lowest BCUT2D eigenvalue weighted by Crippen LogP contribution is -2.29. The van der Waals surface area contributed by atoms with E-state index < -0.39 is 16.0 Å². The van der Waals surface area contributed by atoms with E-state index in [-0.39, 0.29) is 22.7 Å². The van der Waals surface area contributed by atoms with Gasteiger partial charge in [-0.25, -0.2) is 0 Å². The smallest absolute Gasteiger partial charge is 0.339 e. The first-order valence-electron chi connectivity index (χ1n) is 10.8. The largest absolute Gasteiger partial charge is 0.462 e. The van der Waals surface area contributed by atoms with E-state index >= 15 is 0 Å². The molecule has 0 spiro atoms. The van der Waals surface area contributed by atoms with Crippen LogP contribution >= 0.6 is 0 Å².